The Labute approximate surface area is 99.4 Å². The minimum atomic E-state index is 0.488. The summed E-state index contributed by atoms with van der Waals surface area (Å²) in [6, 6.07) is 2.04. The highest BCUT2D eigenvalue weighted by atomic mass is 16.5. The third-order valence-electron chi connectivity index (χ3n) is 2.78. The Kier molecular flexibility index (Phi) is 5.04. The Morgan fingerprint density at radius 3 is 2.38 bits per heavy atom. The van der Waals surface area contributed by atoms with Crippen molar-refractivity contribution in [1.82, 2.24) is 5.16 Å². The summed E-state index contributed by atoms with van der Waals surface area (Å²) >= 11 is 0. The molecule has 0 saturated carbocycles. The van der Waals surface area contributed by atoms with Gasteiger partial charge in [-0.15, -0.1) is 0 Å². The average molecular weight is 223 g/mol. The second-order valence-corrected chi connectivity index (χ2v) is 5.91. The fraction of sp³-hybridized carbons (Fsp3) is 0.786. The lowest BCUT2D eigenvalue weighted by atomic mass is 9.89. The molecular formula is C14H25NO. The molecule has 1 aromatic rings. The molecule has 0 spiro atoms. The van der Waals surface area contributed by atoms with Crippen LogP contribution in [0.25, 0.3) is 0 Å². The molecule has 16 heavy (non-hydrogen) atoms. The highest BCUT2D eigenvalue weighted by Gasteiger charge is 2.08. The smallest absolute Gasteiger partial charge is 0.136 e. The number of rotatable bonds is 6. The fourth-order valence-corrected chi connectivity index (χ4v) is 1.84. The first-order chi connectivity index (χ1) is 7.47. The van der Waals surface area contributed by atoms with Crippen molar-refractivity contribution in [2.24, 2.45) is 5.41 Å². The number of nitrogens with zero attached hydrogens (tertiary/aromatic N) is 1. The Balaban J connectivity index is 2.00. The molecule has 0 aliphatic heterocycles. The molecule has 0 aromatic carbocycles. The molecule has 2 nitrogen and oxygen atoms in total. The maximum atomic E-state index is 5.18. The van der Waals surface area contributed by atoms with Crippen LogP contribution in [-0.2, 0) is 6.42 Å². The molecule has 2 heteroatoms. The second-order valence-electron chi connectivity index (χ2n) is 5.91. The molecule has 0 radical (unpaired) electrons. The number of aromatic nitrogens is 1. The fourth-order valence-electron chi connectivity index (χ4n) is 1.84. The molecule has 0 aliphatic carbocycles. The lowest BCUT2D eigenvalue weighted by Gasteiger charge is -2.17. The molecule has 92 valence electrons. The molecule has 0 saturated heterocycles. The van der Waals surface area contributed by atoms with Gasteiger partial charge in [-0.2, -0.15) is 0 Å². The van der Waals surface area contributed by atoms with Gasteiger partial charge >= 0.3 is 0 Å². The van der Waals surface area contributed by atoms with Crippen LogP contribution in [0, 0.1) is 12.3 Å². The molecule has 1 aromatic heterocycles. The zero-order chi connectivity index (χ0) is 12.0. The van der Waals surface area contributed by atoms with Gasteiger partial charge in [-0.1, -0.05) is 45.2 Å². The van der Waals surface area contributed by atoms with Gasteiger partial charge in [0.25, 0.3) is 0 Å². The van der Waals surface area contributed by atoms with Gasteiger partial charge in [0, 0.05) is 12.5 Å². The third-order valence-corrected chi connectivity index (χ3v) is 2.78. The molecule has 0 unspecified atom stereocenters. The van der Waals surface area contributed by atoms with Crippen LogP contribution in [0.2, 0.25) is 0 Å². The predicted molar refractivity (Wildman–Crippen MR) is 67.5 cm³/mol. The molecule has 0 fully saturated rings. The summed E-state index contributed by atoms with van der Waals surface area (Å²) < 4.78 is 5.18. The molecule has 1 rings (SSSR count). The van der Waals surface area contributed by atoms with Crippen LogP contribution in [0.3, 0.4) is 0 Å². The highest BCUT2D eigenvalue weighted by Crippen LogP contribution is 2.22. The van der Waals surface area contributed by atoms with E-state index in [0.717, 1.165) is 17.9 Å². The zero-order valence-electron chi connectivity index (χ0n) is 11.2. The SMILES string of the molecule is Cc1cc(CCCCCCC(C)(C)C)on1. The van der Waals surface area contributed by atoms with Gasteiger partial charge in [0.1, 0.15) is 5.76 Å². The van der Waals surface area contributed by atoms with Crippen LogP contribution in [0.4, 0.5) is 0 Å². The minimum absolute atomic E-state index is 0.488. The van der Waals surface area contributed by atoms with Crippen molar-refractivity contribution in [3.63, 3.8) is 0 Å². The zero-order valence-corrected chi connectivity index (χ0v) is 11.2. The molecule has 0 aliphatic rings. The van der Waals surface area contributed by atoms with Gasteiger partial charge in [0.2, 0.25) is 0 Å². The highest BCUT2D eigenvalue weighted by molar-refractivity contribution is 5.02. The Morgan fingerprint density at radius 1 is 1.12 bits per heavy atom. The Hall–Kier alpha value is -0.790. The van der Waals surface area contributed by atoms with Gasteiger partial charge in [0.05, 0.1) is 5.69 Å². The van der Waals surface area contributed by atoms with E-state index in [0.29, 0.717) is 5.41 Å². The summed E-state index contributed by atoms with van der Waals surface area (Å²) in [5.74, 6) is 1.04. The summed E-state index contributed by atoms with van der Waals surface area (Å²) in [7, 11) is 0. The summed E-state index contributed by atoms with van der Waals surface area (Å²) in [5, 5.41) is 3.89. The maximum Gasteiger partial charge on any atom is 0.136 e. The molecule has 0 amide bonds. The number of unbranched alkanes of at least 4 members (excludes halogenated alkanes) is 3. The normalized spacial score (nSPS) is 12.0. The van der Waals surface area contributed by atoms with Crippen LogP contribution in [-0.4, -0.2) is 5.16 Å². The topological polar surface area (TPSA) is 26.0 Å². The van der Waals surface area contributed by atoms with Gasteiger partial charge in [-0.3, -0.25) is 0 Å². The maximum absolute atomic E-state index is 5.18. The summed E-state index contributed by atoms with van der Waals surface area (Å²) in [4.78, 5) is 0. The van der Waals surface area contributed by atoms with Crippen molar-refractivity contribution < 1.29 is 4.52 Å². The average Bonchev–Trinajstić information content (AvgIpc) is 2.56. The van der Waals surface area contributed by atoms with E-state index in [-0.39, 0.29) is 0 Å². The predicted octanol–water partition coefficient (Wildman–Crippen LogP) is 4.52. The first kappa shape index (κ1) is 13.3. The van der Waals surface area contributed by atoms with Gasteiger partial charge in [0.15, 0.2) is 0 Å². The molecule has 0 atom stereocenters. The number of hydrogen-bond donors (Lipinski definition) is 0. The van der Waals surface area contributed by atoms with Crippen molar-refractivity contribution in [1.29, 1.82) is 0 Å². The lowest BCUT2D eigenvalue weighted by Crippen LogP contribution is -2.03. The monoisotopic (exact) mass is 223 g/mol. The van der Waals surface area contributed by atoms with E-state index in [9.17, 15) is 0 Å². The van der Waals surface area contributed by atoms with E-state index in [1.54, 1.807) is 0 Å². The standard InChI is InChI=1S/C14H25NO/c1-12-11-13(16-15-12)9-7-5-6-8-10-14(2,3)4/h11H,5-10H2,1-4H3. The van der Waals surface area contributed by atoms with Crippen LogP contribution < -0.4 is 0 Å². The number of hydrogen-bond acceptors (Lipinski definition) is 2. The summed E-state index contributed by atoms with van der Waals surface area (Å²) in [6.07, 6.45) is 7.57. The van der Waals surface area contributed by atoms with Crippen molar-refractivity contribution in [3.8, 4) is 0 Å². The van der Waals surface area contributed by atoms with E-state index >= 15 is 0 Å². The molecular weight excluding hydrogens is 198 g/mol. The van der Waals surface area contributed by atoms with Gasteiger partial charge < -0.3 is 4.52 Å². The van der Waals surface area contributed by atoms with Crippen molar-refractivity contribution >= 4 is 0 Å². The van der Waals surface area contributed by atoms with E-state index in [1.807, 2.05) is 13.0 Å². The van der Waals surface area contributed by atoms with E-state index in [4.69, 9.17) is 4.52 Å². The Bertz CT molecular complexity index is 296. The second kappa shape index (κ2) is 6.07. The molecule has 0 bridgehead atoms. The summed E-state index contributed by atoms with van der Waals surface area (Å²) in [5.41, 5.74) is 1.48. The lowest BCUT2D eigenvalue weighted by molar-refractivity contribution is 0.353. The van der Waals surface area contributed by atoms with Gasteiger partial charge in [-0.05, 0) is 25.2 Å². The first-order valence-electron chi connectivity index (χ1n) is 6.39. The van der Waals surface area contributed by atoms with Gasteiger partial charge in [-0.25, -0.2) is 0 Å². The Morgan fingerprint density at radius 2 is 1.81 bits per heavy atom. The first-order valence-corrected chi connectivity index (χ1v) is 6.39. The molecule has 1 heterocycles. The van der Waals surface area contributed by atoms with E-state index < -0.39 is 0 Å². The summed E-state index contributed by atoms with van der Waals surface area (Å²) in [6.45, 7) is 8.90. The number of aryl methyl sites for hydroxylation is 2. The van der Waals surface area contributed by atoms with Crippen LogP contribution in [0.1, 0.15) is 64.3 Å². The minimum Gasteiger partial charge on any atom is -0.361 e. The van der Waals surface area contributed by atoms with Crippen molar-refractivity contribution in [2.75, 3.05) is 0 Å². The van der Waals surface area contributed by atoms with E-state index in [2.05, 4.69) is 25.9 Å². The van der Waals surface area contributed by atoms with E-state index in [1.165, 1.54) is 32.1 Å². The quantitative estimate of drug-likeness (QED) is 0.663. The van der Waals surface area contributed by atoms with Crippen LogP contribution >= 0.6 is 0 Å². The van der Waals surface area contributed by atoms with Crippen molar-refractivity contribution in [3.05, 3.63) is 17.5 Å². The third kappa shape index (κ3) is 5.94. The van der Waals surface area contributed by atoms with Crippen LogP contribution in [0.5, 0.6) is 0 Å². The van der Waals surface area contributed by atoms with Crippen LogP contribution in [0.15, 0.2) is 10.6 Å². The van der Waals surface area contributed by atoms with Crippen molar-refractivity contribution in [2.45, 2.75) is 66.2 Å². The largest absolute Gasteiger partial charge is 0.361 e. The molecule has 0 N–H and O–H groups in total.